The van der Waals surface area contributed by atoms with Crippen LogP contribution < -0.4 is 0 Å². The van der Waals surface area contributed by atoms with Crippen molar-refractivity contribution < 1.29 is 4.43 Å². The van der Waals surface area contributed by atoms with Gasteiger partial charge in [0.25, 0.3) is 0 Å². The normalized spacial score (nSPS) is 41.3. The summed E-state index contributed by atoms with van der Waals surface area (Å²) >= 11 is 0. The van der Waals surface area contributed by atoms with Gasteiger partial charge in [-0.2, -0.15) is 0 Å². The van der Waals surface area contributed by atoms with Gasteiger partial charge in [0.2, 0.25) is 8.32 Å². The average Bonchev–Trinajstić information content (AvgIpc) is 3.13. The predicted molar refractivity (Wildman–Crippen MR) is 151 cm³/mol. The third-order valence-electron chi connectivity index (χ3n) is 12.5. The summed E-state index contributed by atoms with van der Waals surface area (Å²) < 4.78 is 7.33. The van der Waals surface area contributed by atoms with Gasteiger partial charge < -0.3 is 4.43 Å². The summed E-state index contributed by atoms with van der Waals surface area (Å²) in [5.74, 6) is 4.69. The Kier molecular flexibility index (Phi) is 7.66. The molecule has 8 atom stereocenters. The highest BCUT2D eigenvalue weighted by atomic mass is 28.4. The molecule has 4 rings (SSSR count). The number of rotatable bonds is 7. The number of hydrogen-bond acceptors (Lipinski definition) is 1. The highest BCUT2D eigenvalue weighted by Gasteiger charge is 2.59. The molecule has 4 aliphatic carbocycles. The molecular formula is C32H58OSi. The Labute approximate surface area is 214 Å². The highest BCUT2D eigenvalue weighted by Crippen LogP contribution is 2.67. The maximum absolute atomic E-state index is 7.33. The molecule has 3 saturated carbocycles. The van der Waals surface area contributed by atoms with E-state index in [4.69, 9.17) is 4.43 Å². The summed E-state index contributed by atoms with van der Waals surface area (Å²) in [5.41, 5.74) is 4.89. The molecule has 0 aromatic carbocycles. The predicted octanol–water partition coefficient (Wildman–Crippen LogP) is 10.2. The van der Waals surface area contributed by atoms with Crippen molar-refractivity contribution in [3.8, 4) is 0 Å². The van der Waals surface area contributed by atoms with Crippen LogP contribution in [0.3, 0.4) is 0 Å². The van der Waals surface area contributed by atoms with Gasteiger partial charge in [0.15, 0.2) is 0 Å². The fraction of sp³-hybridized carbons (Fsp3) is 0.938. The molecule has 0 aliphatic heterocycles. The lowest BCUT2D eigenvalue weighted by molar-refractivity contribution is -0.0562. The Balaban J connectivity index is 1.54. The molecule has 34 heavy (non-hydrogen) atoms. The zero-order valence-corrected chi connectivity index (χ0v) is 25.5. The average molecular weight is 487 g/mol. The van der Waals surface area contributed by atoms with Crippen molar-refractivity contribution in [1.82, 2.24) is 0 Å². The van der Waals surface area contributed by atoms with Crippen molar-refractivity contribution in [3.63, 3.8) is 0 Å². The monoisotopic (exact) mass is 486 g/mol. The quantitative estimate of drug-likeness (QED) is 0.257. The third kappa shape index (κ3) is 4.04. The van der Waals surface area contributed by atoms with Crippen LogP contribution in [0.1, 0.15) is 127 Å². The van der Waals surface area contributed by atoms with Crippen molar-refractivity contribution in [2.24, 2.45) is 40.4 Å². The van der Waals surface area contributed by atoms with Crippen LogP contribution in [-0.2, 0) is 4.43 Å². The largest absolute Gasteiger partial charge is 0.413 e. The molecule has 2 heteroatoms. The molecule has 0 unspecified atom stereocenters. The van der Waals surface area contributed by atoms with Gasteiger partial charge in [-0.15, -0.1) is 0 Å². The van der Waals surface area contributed by atoms with E-state index in [1.54, 1.807) is 5.57 Å². The molecule has 0 aromatic rings. The zero-order chi connectivity index (χ0) is 25.1. The summed E-state index contributed by atoms with van der Waals surface area (Å²) in [4.78, 5) is 0. The van der Waals surface area contributed by atoms with E-state index in [-0.39, 0.29) is 0 Å². The first kappa shape index (κ1) is 27.0. The van der Waals surface area contributed by atoms with Crippen LogP contribution in [0.5, 0.6) is 0 Å². The molecule has 0 spiro atoms. The Morgan fingerprint density at radius 3 is 2.12 bits per heavy atom. The summed E-state index contributed by atoms with van der Waals surface area (Å²) in [6.07, 6.45) is 15.8. The molecule has 0 amide bonds. The molecule has 0 saturated heterocycles. The highest BCUT2D eigenvalue weighted by molar-refractivity contribution is 6.77. The van der Waals surface area contributed by atoms with E-state index in [1.165, 1.54) is 57.8 Å². The second-order valence-electron chi connectivity index (χ2n) is 14.7. The van der Waals surface area contributed by atoms with E-state index in [0.29, 0.717) is 33.6 Å². The van der Waals surface area contributed by atoms with Crippen LogP contribution in [0.2, 0.25) is 16.6 Å². The minimum Gasteiger partial charge on any atom is -0.413 e. The van der Waals surface area contributed by atoms with E-state index < -0.39 is 8.32 Å². The van der Waals surface area contributed by atoms with Crippen LogP contribution >= 0.6 is 0 Å². The Morgan fingerprint density at radius 2 is 1.53 bits per heavy atom. The minimum absolute atomic E-state index is 0.441. The van der Waals surface area contributed by atoms with Gasteiger partial charge in [0.1, 0.15) is 0 Å². The number of hydrogen-bond donors (Lipinski definition) is 0. The maximum Gasteiger partial charge on any atom is 0.200 e. The molecule has 3 fully saturated rings. The smallest absolute Gasteiger partial charge is 0.200 e. The first-order valence-corrected chi connectivity index (χ1v) is 17.4. The van der Waals surface area contributed by atoms with Gasteiger partial charge in [-0.05, 0) is 108 Å². The lowest BCUT2D eigenvalue weighted by atomic mass is 9.47. The first-order chi connectivity index (χ1) is 15.9. The van der Waals surface area contributed by atoms with Gasteiger partial charge in [-0.1, -0.05) is 87.3 Å². The van der Waals surface area contributed by atoms with Gasteiger partial charge in [-0.25, -0.2) is 0 Å². The lowest BCUT2D eigenvalue weighted by Gasteiger charge is -2.59. The van der Waals surface area contributed by atoms with E-state index in [1.807, 2.05) is 0 Å². The van der Waals surface area contributed by atoms with Gasteiger partial charge in [0.05, 0.1) is 0 Å². The third-order valence-corrected chi connectivity index (χ3v) is 18.7. The fourth-order valence-electron chi connectivity index (χ4n) is 10.7. The van der Waals surface area contributed by atoms with Crippen LogP contribution in [0, 0.1) is 40.4 Å². The second kappa shape index (κ2) is 9.66. The molecular weight excluding hydrogens is 428 g/mol. The fourth-order valence-corrected chi connectivity index (χ4v) is 16.3. The molecule has 1 nitrogen and oxygen atoms in total. The summed E-state index contributed by atoms with van der Waals surface area (Å²) in [5, 5.41) is 0. The van der Waals surface area contributed by atoms with Gasteiger partial charge in [-0.3, -0.25) is 0 Å². The molecule has 0 aromatic heterocycles. The Bertz CT molecular complexity index is 730. The maximum atomic E-state index is 7.33. The van der Waals surface area contributed by atoms with Crippen LogP contribution in [0.4, 0.5) is 0 Å². The van der Waals surface area contributed by atoms with Crippen molar-refractivity contribution in [3.05, 3.63) is 11.6 Å². The Morgan fingerprint density at radius 1 is 0.882 bits per heavy atom. The molecule has 0 bridgehead atoms. The molecule has 0 N–H and O–H groups in total. The van der Waals surface area contributed by atoms with Crippen LogP contribution in [0.15, 0.2) is 11.6 Å². The van der Waals surface area contributed by atoms with Crippen LogP contribution in [-0.4, -0.2) is 14.4 Å². The summed E-state index contributed by atoms with van der Waals surface area (Å²) in [7, 11) is -1.81. The zero-order valence-electron chi connectivity index (χ0n) is 24.5. The van der Waals surface area contributed by atoms with E-state index in [9.17, 15) is 0 Å². The first-order valence-electron chi connectivity index (χ1n) is 15.3. The molecule has 196 valence electrons. The topological polar surface area (TPSA) is 9.23 Å². The van der Waals surface area contributed by atoms with Gasteiger partial charge in [0, 0.05) is 6.10 Å². The summed E-state index contributed by atoms with van der Waals surface area (Å²) in [6, 6.07) is 0. The van der Waals surface area contributed by atoms with E-state index in [0.717, 1.165) is 29.6 Å². The second-order valence-corrected chi connectivity index (χ2v) is 20.1. The molecule has 0 radical (unpaired) electrons. The van der Waals surface area contributed by atoms with Crippen molar-refractivity contribution in [2.75, 3.05) is 0 Å². The van der Waals surface area contributed by atoms with Crippen molar-refractivity contribution >= 4 is 8.32 Å². The standard InChI is InChI=1S/C32H58OSi/c1-11-24(8)28-14-15-29-27-13-12-25-20-26(33-34(21(2)3,22(4)5)23(6)7)16-18-31(25,9)30(27)17-19-32(28,29)10/h12,21-24,26-30H,11,13-20H2,1-10H3/t24-,26-,27-,28+,29-,30-,31-,32+/m0/s1. The number of fused-ring (bicyclic) bond motifs is 5. The van der Waals surface area contributed by atoms with E-state index >= 15 is 0 Å². The molecule has 4 aliphatic rings. The van der Waals surface area contributed by atoms with Crippen LogP contribution in [0.25, 0.3) is 0 Å². The molecule has 0 heterocycles. The summed E-state index contributed by atoms with van der Waals surface area (Å²) in [6.45, 7) is 25.0. The van der Waals surface area contributed by atoms with E-state index in [2.05, 4.69) is 75.3 Å². The number of allylic oxidation sites excluding steroid dienone is 1. The van der Waals surface area contributed by atoms with Gasteiger partial charge >= 0.3 is 0 Å². The SMILES string of the molecule is CC[C@H](C)[C@H]1CC[C@H]2[C@@H]3CC=C4C[C@@H](O[Si](C(C)C)(C(C)C)C(C)C)CC[C@]4(C)[C@H]3CC[C@]12C. The minimum atomic E-state index is -1.81. The van der Waals surface area contributed by atoms with Crippen molar-refractivity contribution in [1.29, 1.82) is 0 Å². The Hall–Kier alpha value is -0.0831. The lowest BCUT2D eigenvalue weighted by Crippen LogP contribution is -2.53. The van der Waals surface area contributed by atoms with Crippen molar-refractivity contribution in [2.45, 2.75) is 150 Å².